The molecule has 0 spiro atoms. The van der Waals surface area contributed by atoms with Gasteiger partial charge >= 0.3 is 5.97 Å². The predicted octanol–water partition coefficient (Wildman–Crippen LogP) is 2.19. The van der Waals surface area contributed by atoms with Gasteiger partial charge in [-0.25, -0.2) is 0 Å². The highest BCUT2D eigenvalue weighted by Crippen LogP contribution is 2.46. The molecular weight excluding hydrogens is 242 g/mol. The van der Waals surface area contributed by atoms with Gasteiger partial charge in [-0.2, -0.15) is 0 Å². The van der Waals surface area contributed by atoms with Crippen LogP contribution < -0.4 is 5.73 Å². The van der Waals surface area contributed by atoms with Crippen LogP contribution in [0.15, 0.2) is 30.3 Å². The van der Waals surface area contributed by atoms with Gasteiger partial charge in [0.05, 0.1) is 19.1 Å². The number of carbonyl (C=O) groups excluding carboxylic acids is 1. The number of esters is 1. The number of nitrogens with two attached hydrogens (primary N) is 1. The van der Waals surface area contributed by atoms with Crippen molar-refractivity contribution in [2.24, 2.45) is 5.73 Å². The molecule has 104 valence electrons. The Balaban J connectivity index is 2.31. The zero-order valence-electron chi connectivity index (χ0n) is 11.7. The highest BCUT2D eigenvalue weighted by Gasteiger charge is 2.51. The molecule has 1 saturated heterocycles. The van der Waals surface area contributed by atoms with E-state index in [1.165, 1.54) is 7.11 Å². The summed E-state index contributed by atoms with van der Waals surface area (Å²) in [6.45, 7) is 3.99. The van der Waals surface area contributed by atoms with Crippen molar-refractivity contribution in [1.82, 2.24) is 0 Å². The lowest BCUT2D eigenvalue weighted by Crippen LogP contribution is -2.47. The molecule has 1 aliphatic heterocycles. The van der Waals surface area contributed by atoms with Crippen LogP contribution in [0.25, 0.3) is 0 Å². The van der Waals surface area contributed by atoms with Crippen LogP contribution in [0.1, 0.15) is 38.2 Å². The number of carbonyl (C=O) groups is 1. The average molecular weight is 263 g/mol. The SMILES string of the molecule is COC(=O)CC1(N)OC(C)(C)C[C@H]1c1ccccc1. The normalized spacial score (nSPS) is 29.2. The van der Waals surface area contributed by atoms with Crippen molar-refractivity contribution in [3.8, 4) is 0 Å². The summed E-state index contributed by atoms with van der Waals surface area (Å²) < 4.78 is 10.7. The minimum Gasteiger partial charge on any atom is -0.469 e. The number of hydrogen-bond acceptors (Lipinski definition) is 4. The van der Waals surface area contributed by atoms with Gasteiger partial charge in [0.25, 0.3) is 0 Å². The Labute approximate surface area is 113 Å². The van der Waals surface area contributed by atoms with Crippen LogP contribution in [-0.4, -0.2) is 24.4 Å². The third kappa shape index (κ3) is 2.96. The smallest absolute Gasteiger partial charge is 0.309 e. The van der Waals surface area contributed by atoms with E-state index in [1.807, 2.05) is 44.2 Å². The minimum absolute atomic E-state index is 0.0113. The van der Waals surface area contributed by atoms with Crippen LogP contribution in [0, 0.1) is 0 Å². The van der Waals surface area contributed by atoms with Crippen molar-refractivity contribution in [2.75, 3.05) is 7.11 Å². The first-order chi connectivity index (χ1) is 8.86. The zero-order chi connectivity index (χ0) is 14.1. The lowest BCUT2D eigenvalue weighted by Gasteiger charge is -2.30. The summed E-state index contributed by atoms with van der Waals surface area (Å²) in [5.41, 5.74) is 6.12. The van der Waals surface area contributed by atoms with Crippen molar-refractivity contribution in [3.63, 3.8) is 0 Å². The fourth-order valence-electron chi connectivity index (χ4n) is 2.83. The van der Waals surface area contributed by atoms with Crippen LogP contribution in [0.3, 0.4) is 0 Å². The maximum absolute atomic E-state index is 11.6. The minimum atomic E-state index is -1.00. The lowest BCUT2D eigenvalue weighted by molar-refractivity contribution is -0.152. The van der Waals surface area contributed by atoms with E-state index >= 15 is 0 Å². The summed E-state index contributed by atoms with van der Waals surface area (Å²) in [4.78, 5) is 11.6. The quantitative estimate of drug-likeness (QED) is 0.849. The van der Waals surface area contributed by atoms with Crippen molar-refractivity contribution >= 4 is 5.97 Å². The Kier molecular flexibility index (Phi) is 3.65. The highest BCUT2D eigenvalue weighted by molar-refractivity contribution is 5.70. The van der Waals surface area contributed by atoms with E-state index in [-0.39, 0.29) is 23.9 Å². The van der Waals surface area contributed by atoms with Crippen molar-refractivity contribution in [2.45, 2.75) is 43.9 Å². The molecule has 1 unspecified atom stereocenters. The molecule has 0 saturated carbocycles. The molecule has 19 heavy (non-hydrogen) atoms. The van der Waals surface area contributed by atoms with Crippen LogP contribution in [-0.2, 0) is 14.3 Å². The summed E-state index contributed by atoms with van der Waals surface area (Å²) in [5.74, 6) is -0.357. The molecule has 0 radical (unpaired) electrons. The molecule has 2 N–H and O–H groups in total. The maximum atomic E-state index is 11.6. The van der Waals surface area contributed by atoms with E-state index in [9.17, 15) is 4.79 Å². The van der Waals surface area contributed by atoms with Gasteiger partial charge in [-0.1, -0.05) is 30.3 Å². The molecule has 0 aliphatic carbocycles. The molecule has 1 aromatic carbocycles. The summed E-state index contributed by atoms with van der Waals surface area (Å²) in [6, 6.07) is 9.95. The first-order valence-corrected chi connectivity index (χ1v) is 6.47. The average Bonchev–Trinajstić information content (AvgIpc) is 2.60. The molecule has 1 aliphatic rings. The molecular formula is C15H21NO3. The molecule has 1 heterocycles. The first-order valence-electron chi connectivity index (χ1n) is 6.47. The fourth-order valence-corrected chi connectivity index (χ4v) is 2.83. The highest BCUT2D eigenvalue weighted by atomic mass is 16.6. The zero-order valence-corrected chi connectivity index (χ0v) is 11.7. The Hall–Kier alpha value is -1.39. The second-order valence-corrected chi connectivity index (χ2v) is 5.74. The standard InChI is InChI=1S/C15H21NO3/c1-14(2)9-12(11-7-5-4-6-8-11)15(16,19-14)10-13(17)18-3/h4-8,12H,9-10,16H2,1-3H3/t12-,15?/m0/s1. The van der Waals surface area contributed by atoms with E-state index in [0.29, 0.717) is 0 Å². The summed E-state index contributed by atoms with van der Waals surface area (Å²) in [7, 11) is 1.36. The molecule has 1 aromatic rings. The third-order valence-corrected chi connectivity index (χ3v) is 3.60. The topological polar surface area (TPSA) is 61.5 Å². The van der Waals surface area contributed by atoms with Gasteiger partial charge in [0.1, 0.15) is 5.72 Å². The number of ether oxygens (including phenoxy) is 2. The Morgan fingerprint density at radius 1 is 1.42 bits per heavy atom. The van der Waals surface area contributed by atoms with E-state index in [1.54, 1.807) is 0 Å². The van der Waals surface area contributed by atoms with Gasteiger partial charge in [-0.15, -0.1) is 0 Å². The lowest BCUT2D eigenvalue weighted by atomic mass is 9.83. The van der Waals surface area contributed by atoms with Crippen LogP contribution in [0.4, 0.5) is 0 Å². The van der Waals surface area contributed by atoms with Gasteiger partial charge in [0.15, 0.2) is 0 Å². The summed E-state index contributed by atoms with van der Waals surface area (Å²) in [6.07, 6.45) is 0.844. The summed E-state index contributed by atoms with van der Waals surface area (Å²) in [5, 5.41) is 0. The molecule has 4 heteroatoms. The van der Waals surface area contributed by atoms with E-state index in [0.717, 1.165) is 12.0 Å². The first kappa shape index (κ1) is 14.0. The second kappa shape index (κ2) is 4.94. The van der Waals surface area contributed by atoms with E-state index in [4.69, 9.17) is 15.2 Å². The monoisotopic (exact) mass is 263 g/mol. The molecule has 2 atom stereocenters. The van der Waals surface area contributed by atoms with Gasteiger partial charge in [0, 0.05) is 5.92 Å². The van der Waals surface area contributed by atoms with Crippen molar-refractivity contribution in [3.05, 3.63) is 35.9 Å². The number of benzene rings is 1. The predicted molar refractivity (Wildman–Crippen MR) is 72.5 cm³/mol. The molecule has 1 fully saturated rings. The summed E-state index contributed by atoms with van der Waals surface area (Å²) >= 11 is 0. The number of rotatable bonds is 3. The van der Waals surface area contributed by atoms with Crippen LogP contribution >= 0.6 is 0 Å². The molecule has 0 bridgehead atoms. The van der Waals surface area contributed by atoms with Gasteiger partial charge in [-0.05, 0) is 25.8 Å². The van der Waals surface area contributed by atoms with Crippen LogP contribution in [0.2, 0.25) is 0 Å². The fraction of sp³-hybridized carbons (Fsp3) is 0.533. The van der Waals surface area contributed by atoms with Gasteiger partial charge in [0.2, 0.25) is 0 Å². The van der Waals surface area contributed by atoms with Gasteiger partial charge < -0.3 is 15.2 Å². The Morgan fingerprint density at radius 2 is 2.05 bits per heavy atom. The van der Waals surface area contributed by atoms with Crippen molar-refractivity contribution < 1.29 is 14.3 Å². The largest absolute Gasteiger partial charge is 0.469 e. The molecule has 4 nitrogen and oxygen atoms in total. The van der Waals surface area contributed by atoms with Crippen molar-refractivity contribution in [1.29, 1.82) is 0 Å². The number of hydrogen-bond donors (Lipinski definition) is 1. The molecule has 2 rings (SSSR count). The molecule has 0 amide bonds. The molecule has 0 aromatic heterocycles. The van der Waals surface area contributed by atoms with Crippen LogP contribution in [0.5, 0.6) is 0 Å². The van der Waals surface area contributed by atoms with Gasteiger partial charge in [-0.3, -0.25) is 4.79 Å². The van der Waals surface area contributed by atoms with E-state index < -0.39 is 5.72 Å². The Morgan fingerprint density at radius 3 is 2.63 bits per heavy atom. The van der Waals surface area contributed by atoms with E-state index in [2.05, 4.69) is 0 Å². The number of methoxy groups -OCH3 is 1. The Bertz CT molecular complexity index is 458. The maximum Gasteiger partial charge on any atom is 0.309 e. The second-order valence-electron chi connectivity index (χ2n) is 5.74. The third-order valence-electron chi connectivity index (χ3n) is 3.60.